The number of rotatable bonds is 6. The van der Waals surface area contributed by atoms with Crippen molar-refractivity contribution in [1.29, 1.82) is 0 Å². The molecule has 4 rings (SSSR count). The first-order valence-electron chi connectivity index (χ1n) is 10.4. The molecule has 2 aliphatic carbocycles. The molecule has 2 atom stereocenters. The van der Waals surface area contributed by atoms with E-state index < -0.39 is 17.6 Å². The van der Waals surface area contributed by atoms with Gasteiger partial charge in [-0.25, -0.2) is 4.79 Å². The van der Waals surface area contributed by atoms with Gasteiger partial charge in [-0.2, -0.15) is 0 Å². The topological polar surface area (TPSA) is 84.9 Å². The maximum atomic E-state index is 12.7. The van der Waals surface area contributed by atoms with Crippen molar-refractivity contribution in [3.63, 3.8) is 0 Å². The van der Waals surface area contributed by atoms with Gasteiger partial charge in [-0.05, 0) is 47.9 Å². The Labute approximate surface area is 176 Å². The SMILES string of the molecule is COC1CCCC(CC(=O)O)(NC(=O)OCC2c3ccccc3-c3ccccc32)C1. The molecule has 158 valence electrons. The second-order valence-corrected chi connectivity index (χ2v) is 8.26. The number of hydrogen-bond donors (Lipinski definition) is 2. The van der Waals surface area contributed by atoms with E-state index in [-0.39, 0.29) is 25.0 Å². The molecule has 1 saturated carbocycles. The molecule has 2 aromatic rings. The zero-order valence-corrected chi connectivity index (χ0v) is 17.1. The molecule has 0 radical (unpaired) electrons. The van der Waals surface area contributed by atoms with E-state index >= 15 is 0 Å². The summed E-state index contributed by atoms with van der Waals surface area (Å²) >= 11 is 0. The number of carbonyl (C=O) groups excluding carboxylic acids is 1. The average molecular weight is 409 g/mol. The van der Waals surface area contributed by atoms with E-state index in [1.807, 2.05) is 24.3 Å². The lowest BCUT2D eigenvalue weighted by molar-refractivity contribution is -0.139. The highest BCUT2D eigenvalue weighted by Gasteiger charge is 2.40. The van der Waals surface area contributed by atoms with Crippen LogP contribution in [0.2, 0.25) is 0 Å². The number of fused-ring (bicyclic) bond motifs is 3. The van der Waals surface area contributed by atoms with Crippen LogP contribution in [-0.4, -0.2) is 42.5 Å². The summed E-state index contributed by atoms with van der Waals surface area (Å²) in [7, 11) is 1.62. The lowest BCUT2D eigenvalue weighted by Gasteiger charge is -2.39. The number of amides is 1. The van der Waals surface area contributed by atoms with Crippen molar-refractivity contribution in [3.05, 3.63) is 59.7 Å². The lowest BCUT2D eigenvalue weighted by atomic mass is 9.78. The molecule has 0 heterocycles. The van der Waals surface area contributed by atoms with Crippen molar-refractivity contribution >= 4 is 12.1 Å². The number of ether oxygens (including phenoxy) is 2. The molecular formula is C24H27NO5. The third-order valence-corrected chi connectivity index (χ3v) is 6.33. The number of hydrogen-bond acceptors (Lipinski definition) is 4. The van der Waals surface area contributed by atoms with Gasteiger partial charge < -0.3 is 19.9 Å². The summed E-state index contributed by atoms with van der Waals surface area (Å²) in [4.78, 5) is 24.2. The van der Waals surface area contributed by atoms with Gasteiger partial charge in [-0.15, -0.1) is 0 Å². The minimum Gasteiger partial charge on any atom is -0.481 e. The molecule has 6 heteroatoms. The van der Waals surface area contributed by atoms with Gasteiger partial charge in [0, 0.05) is 13.0 Å². The first kappa shape index (κ1) is 20.4. The standard InChI is InChI=1S/C24H27NO5/c1-29-16-7-6-12-24(13-16,14-22(26)27)25-23(28)30-15-21-19-10-4-2-8-17(19)18-9-3-5-11-20(18)21/h2-5,8-11,16,21H,6-7,12-15H2,1H3,(H,25,28)(H,26,27). The van der Waals surface area contributed by atoms with E-state index in [4.69, 9.17) is 9.47 Å². The second-order valence-electron chi connectivity index (χ2n) is 8.26. The van der Waals surface area contributed by atoms with Crippen LogP contribution in [0.25, 0.3) is 11.1 Å². The third-order valence-electron chi connectivity index (χ3n) is 6.33. The number of aliphatic carboxylic acids is 1. The Kier molecular flexibility index (Phi) is 5.77. The number of carboxylic acid groups (broad SMARTS) is 1. The van der Waals surface area contributed by atoms with Gasteiger partial charge in [-0.1, -0.05) is 48.5 Å². The van der Waals surface area contributed by atoms with Crippen LogP contribution in [0.1, 0.15) is 49.1 Å². The fourth-order valence-electron chi connectivity index (χ4n) is 4.97. The van der Waals surface area contributed by atoms with Crippen molar-refractivity contribution in [2.24, 2.45) is 0 Å². The number of methoxy groups -OCH3 is 1. The van der Waals surface area contributed by atoms with Gasteiger partial charge in [-0.3, -0.25) is 4.79 Å². The minimum absolute atomic E-state index is 0.0309. The Morgan fingerprint density at radius 1 is 1.10 bits per heavy atom. The molecule has 0 spiro atoms. The van der Waals surface area contributed by atoms with Gasteiger partial charge in [0.1, 0.15) is 6.61 Å². The van der Waals surface area contributed by atoms with E-state index in [0.717, 1.165) is 24.0 Å². The van der Waals surface area contributed by atoms with Gasteiger partial charge in [0.2, 0.25) is 0 Å². The number of alkyl carbamates (subject to hydrolysis) is 1. The van der Waals surface area contributed by atoms with E-state index in [9.17, 15) is 14.7 Å². The summed E-state index contributed by atoms with van der Waals surface area (Å²) in [6, 6.07) is 16.3. The van der Waals surface area contributed by atoms with Crippen molar-refractivity contribution in [2.75, 3.05) is 13.7 Å². The van der Waals surface area contributed by atoms with E-state index in [1.54, 1.807) is 7.11 Å². The van der Waals surface area contributed by atoms with Gasteiger partial charge in [0.15, 0.2) is 0 Å². The monoisotopic (exact) mass is 409 g/mol. The van der Waals surface area contributed by atoms with Crippen LogP contribution in [0.15, 0.2) is 48.5 Å². The molecule has 0 aromatic heterocycles. The van der Waals surface area contributed by atoms with Crippen molar-refractivity contribution in [1.82, 2.24) is 5.32 Å². The minimum atomic E-state index is -0.939. The van der Waals surface area contributed by atoms with Crippen molar-refractivity contribution < 1.29 is 24.2 Å². The first-order valence-corrected chi connectivity index (χ1v) is 10.4. The Hall–Kier alpha value is -2.86. The molecule has 2 unspecified atom stereocenters. The van der Waals surface area contributed by atoms with Crippen LogP contribution in [0.3, 0.4) is 0 Å². The maximum absolute atomic E-state index is 12.7. The van der Waals surface area contributed by atoms with Gasteiger partial charge in [0.05, 0.1) is 18.1 Å². The summed E-state index contributed by atoms with van der Waals surface area (Å²) < 4.78 is 11.1. The normalized spacial score (nSPS) is 22.8. The Bertz CT molecular complexity index is 897. The summed E-state index contributed by atoms with van der Waals surface area (Å²) in [5.41, 5.74) is 3.78. The molecule has 2 aromatic carbocycles. The zero-order chi connectivity index (χ0) is 21.1. The number of nitrogens with one attached hydrogen (secondary N) is 1. The molecule has 30 heavy (non-hydrogen) atoms. The highest BCUT2D eigenvalue weighted by Crippen LogP contribution is 2.44. The summed E-state index contributed by atoms with van der Waals surface area (Å²) in [5.74, 6) is -0.970. The first-order chi connectivity index (χ1) is 14.5. The maximum Gasteiger partial charge on any atom is 0.407 e. The third kappa shape index (κ3) is 4.05. The molecule has 0 bridgehead atoms. The quantitative estimate of drug-likeness (QED) is 0.742. The molecule has 1 fully saturated rings. The Morgan fingerprint density at radius 3 is 2.33 bits per heavy atom. The molecule has 2 N–H and O–H groups in total. The number of carbonyl (C=O) groups is 2. The summed E-state index contributed by atoms with van der Waals surface area (Å²) in [6.45, 7) is 0.205. The second kappa shape index (κ2) is 8.48. The summed E-state index contributed by atoms with van der Waals surface area (Å²) in [5, 5.41) is 12.3. The van der Waals surface area contributed by atoms with Crippen molar-refractivity contribution in [2.45, 2.75) is 49.7 Å². The summed E-state index contributed by atoms with van der Waals surface area (Å²) in [6.07, 6.45) is 1.96. The van der Waals surface area contributed by atoms with E-state index in [1.165, 1.54) is 11.1 Å². The zero-order valence-electron chi connectivity index (χ0n) is 17.1. The van der Waals surface area contributed by atoms with Crippen molar-refractivity contribution in [3.8, 4) is 11.1 Å². The van der Waals surface area contributed by atoms with Crippen LogP contribution in [0.4, 0.5) is 4.79 Å². The van der Waals surface area contributed by atoms with Crippen LogP contribution < -0.4 is 5.32 Å². The average Bonchev–Trinajstić information content (AvgIpc) is 3.05. The van der Waals surface area contributed by atoms with Crippen LogP contribution in [0.5, 0.6) is 0 Å². The molecular weight excluding hydrogens is 382 g/mol. The molecule has 2 aliphatic rings. The predicted molar refractivity (Wildman–Crippen MR) is 112 cm³/mol. The lowest BCUT2D eigenvalue weighted by Crippen LogP contribution is -2.54. The molecule has 6 nitrogen and oxygen atoms in total. The Balaban J connectivity index is 1.47. The van der Waals surface area contributed by atoms with Crippen LogP contribution in [0, 0.1) is 0 Å². The smallest absolute Gasteiger partial charge is 0.407 e. The molecule has 0 aliphatic heterocycles. The number of benzene rings is 2. The number of carboxylic acids is 1. The van der Waals surface area contributed by atoms with Crippen LogP contribution in [-0.2, 0) is 14.3 Å². The van der Waals surface area contributed by atoms with E-state index in [2.05, 4.69) is 29.6 Å². The van der Waals surface area contributed by atoms with Gasteiger partial charge >= 0.3 is 12.1 Å². The van der Waals surface area contributed by atoms with Gasteiger partial charge in [0.25, 0.3) is 0 Å². The van der Waals surface area contributed by atoms with E-state index in [0.29, 0.717) is 12.8 Å². The fraction of sp³-hybridized carbons (Fsp3) is 0.417. The highest BCUT2D eigenvalue weighted by atomic mass is 16.5. The predicted octanol–water partition coefficient (Wildman–Crippen LogP) is 4.33. The highest BCUT2D eigenvalue weighted by molar-refractivity contribution is 5.79. The Morgan fingerprint density at radius 2 is 1.73 bits per heavy atom. The largest absolute Gasteiger partial charge is 0.481 e. The fourth-order valence-corrected chi connectivity index (χ4v) is 4.97. The van der Waals surface area contributed by atoms with Crippen LogP contribution >= 0.6 is 0 Å². The molecule has 1 amide bonds. The molecule has 0 saturated heterocycles.